The minimum atomic E-state index is -4.54. The third-order valence-electron chi connectivity index (χ3n) is 3.42. The first-order valence-electron chi connectivity index (χ1n) is 6.87. The number of alkyl halides is 3. The van der Waals surface area contributed by atoms with Crippen molar-refractivity contribution in [1.29, 1.82) is 0 Å². The number of fused-ring (bicyclic) bond motifs is 1. The van der Waals surface area contributed by atoms with E-state index < -0.39 is 22.6 Å². The second-order valence-electron chi connectivity index (χ2n) is 5.09. The zero-order chi connectivity index (χ0) is 18.2. The maximum absolute atomic E-state index is 12.7. The van der Waals surface area contributed by atoms with Gasteiger partial charge in [-0.1, -0.05) is 6.07 Å². The minimum Gasteiger partial charge on any atom is -0.321 e. The Bertz CT molecular complexity index is 982. The number of aromatic nitrogens is 2. The zero-order valence-electron chi connectivity index (χ0n) is 12.3. The Morgan fingerprint density at radius 1 is 1.20 bits per heavy atom. The molecule has 1 aromatic heterocycles. The van der Waals surface area contributed by atoms with Crippen molar-refractivity contribution in [1.82, 2.24) is 10.2 Å². The summed E-state index contributed by atoms with van der Waals surface area (Å²) < 4.78 is 38.1. The molecule has 1 heterocycles. The number of carbonyl (C=O) groups excluding carboxylic acids is 1. The van der Waals surface area contributed by atoms with Crippen molar-refractivity contribution >= 4 is 28.2 Å². The number of H-pyrrole nitrogens is 1. The van der Waals surface area contributed by atoms with Gasteiger partial charge in [-0.25, -0.2) is 0 Å². The van der Waals surface area contributed by atoms with Crippen LogP contribution in [0.2, 0.25) is 0 Å². The van der Waals surface area contributed by atoms with Gasteiger partial charge in [-0.05, 0) is 24.3 Å². The van der Waals surface area contributed by atoms with E-state index in [1.165, 1.54) is 24.3 Å². The van der Waals surface area contributed by atoms with Crippen LogP contribution in [0.15, 0.2) is 42.5 Å². The Morgan fingerprint density at radius 2 is 1.96 bits per heavy atom. The van der Waals surface area contributed by atoms with Crippen LogP contribution < -0.4 is 5.32 Å². The number of nitrogens with zero attached hydrogens (tertiary/aromatic N) is 2. The monoisotopic (exact) mass is 350 g/mol. The molecule has 0 aliphatic heterocycles. The lowest BCUT2D eigenvalue weighted by molar-refractivity contribution is -0.384. The van der Waals surface area contributed by atoms with Crippen molar-refractivity contribution in [2.45, 2.75) is 6.18 Å². The molecule has 3 rings (SSSR count). The smallest absolute Gasteiger partial charge is 0.321 e. The highest BCUT2D eigenvalue weighted by molar-refractivity contribution is 6.11. The molecule has 1 amide bonds. The fourth-order valence-electron chi connectivity index (χ4n) is 2.25. The van der Waals surface area contributed by atoms with Crippen molar-refractivity contribution in [2.75, 3.05) is 5.32 Å². The number of carbonyl (C=O) groups is 1. The largest absolute Gasteiger partial charge is 0.416 e. The highest BCUT2D eigenvalue weighted by Crippen LogP contribution is 2.31. The van der Waals surface area contributed by atoms with Gasteiger partial charge in [0.2, 0.25) is 0 Å². The number of non-ortho nitro benzene ring substituents is 1. The first kappa shape index (κ1) is 16.4. The summed E-state index contributed by atoms with van der Waals surface area (Å²) in [5.41, 5.74) is -0.979. The zero-order valence-corrected chi connectivity index (χ0v) is 12.3. The molecule has 2 aromatic carbocycles. The van der Waals surface area contributed by atoms with Crippen molar-refractivity contribution in [3.63, 3.8) is 0 Å². The van der Waals surface area contributed by atoms with Crippen LogP contribution in [0.1, 0.15) is 16.1 Å². The van der Waals surface area contributed by atoms with Gasteiger partial charge in [0.05, 0.1) is 16.0 Å². The predicted molar refractivity (Wildman–Crippen MR) is 82.1 cm³/mol. The average Bonchev–Trinajstić information content (AvgIpc) is 2.97. The maximum Gasteiger partial charge on any atom is 0.416 e. The highest BCUT2D eigenvalue weighted by atomic mass is 19.4. The number of hydrogen-bond donors (Lipinski definition) is 2. The van der Waals surface area contributed by atoms with Crippen LogP contribution in [-0.4, -0.2) is 21.0 Å². The number of nitro benzene ring substituents is 1. The third kappa shape index (κ3) is 3.27. The lowest BCUT2D eigenvalue weighted by atomic mass is 10.1. The Labute approximate surface area is 137 Å². The van der Waals surface area contributed by atoms with Crippen LogP contribution >= 0.6 is 0 Å². The van der Waals surface area contributed by atoms with E-state index in [0.29, 0.717) is 5.52 Å². The van der Waals surface area contributed by atoms with E-state index in [2.05, 4.69) is 15.5 Å². The lowest BCUT2D eigenvalue weighted by Crippen LogP contribution is -2.14. The quantitative estimate of drug-likeness (QED) is 0.555. The molecule has 0 unspecified atom stereocenters. The van der Waals surface area contributed by atoms with E-state index in [1.807, 2.05) is 0 Å². The van der Waals surface area contributed by atoms with Crippen molar-refractivity contribution < 1.29 is 22.9 Å². The second-order valence-corrected chi connectivity index (χ2v) is 5.09. The third-order valence-corrected chi connectivity index (χ3v) is 3.42. The number of rotatable bonds is 3. The van der Waals surface area contributed by atoms with Crippen LogP contribution in [0.5, 0.6) is 0 Å². The molecule has 7 nitrogen and oxygen atoms in total. The first-order chi connectivity index (χ1) is 11.8. The minimum absolute atomic E-state index is 0.0681. The molecular formula is C15H9F3N4O3. The summed E-state index contributed by atoms with van der Waals surface area (Å²) in [4.78, 5) is 22.5. The number of hydrogen-bond acceptors (Lipinski definition) is 4. The van der Waals surface area contributed by atoms with Gasteiger partial charge in [0, 0.05) is 23.2 Å². The van der Waals surface area contributed by atoms with Gasteiger partial charge in [-0.15, -0.1) is 0 Å². The van der Waals surface area contributed by atoms with E-state index in [-0.39, 0.29) is 22.5 Å². The van der Waals surface area contributed by atoms with Gasteiger partial charge in [0.1, 0.15) is 0 Å². The molecule has 10 heteroatoms. The average molecular weight is 350 g/mol. The molecule has 0 aliphatic rings. The predicted octanol–water partition coefficient (Wildman–Crippen LogP) is 3.74. The number of halogens is 3. The molecule has 0 radical (unpaired) electrons. The fourth-order valence-corrected chi connectivity index (χ4v) is 2.25. The number of nitro groups is 1. The Balaban J connectivity index is 1.93. The van der Waals surface area contributed by atoms with Crippen LogP contribution in [-0.2, 0) is 6.18 Å². The number of anilines is 1. The van der Waals surface area contributed by atoms with E-state index in [4.69, 9.17) is 0 Å². The van der Waals surface area contributed by atoms with Crippen LogP contribution in [0.4, 0.5) is 24.5 Å². The van der Waals surface area contributed by atoms with E-state index in [1.54, 1.807) is 0 Å². The van der Waals surface area contributed by atoms with Crippen molar-refractivity contribution in [3.05, 3.63) is 63.8 Å². The molecule has 2 N–H and O–H groups in total. The number of amides is 1. The van der Waals surface area contributed by atoms with E-state index in [0.717, 1.165) is 18.2 Å². The van der Waals surface area contributed by atoms with Crippen LogP contribution in [0.3, 0.4) is 0 Å². The van der Waals surface area contributed by atoms with Gasteiger partial charge in [-0.3, -0.25) is 20.0 Å². The summed E-state index contributed by atoms with van der Waals surface area (Å²) >= 11 is 0. The normalized spacial score (nSPS) is 11.5. The van der Waals surface area contributed by atoms with E-state index >= 15 is 0 Å². The molecule has 0 fully saturated rings. The standard InChI is InChI=1S/C15H9F3N4O3/c16-15(17,18)8-2-1-3-9(6-8)19-14(23)13-11-7-10(22(24)25)4-5-12(11)20-21-13/h1-7H,(H,19,23)(H,20,21). The summed E-state index contributed by atoms with van der Waals surface area (Å²) in [6.07, 6.45) is -4.54. The summed E-state index contributed by atoms with van der Waals surface area (Å²) in [5.74, 6) is -0.786. The molecule has 3 aromatic rings. The van der Waals surface area contributed by atoms with Crippen molar-refractivity contribution in [2.24, 2.45) is 0 Å². The second kappa shape index (κ2) is 5.89. The number of benzene rings is 2. The highest BCUT2D eigenvalue weighted by Gasteiger charge is 2.30. The molecule has 0 saturated carbocycles. The topological polar surface area (TPSA) is 101 Å². The summed E-state index contributed by atoms with van der Waals surface area (Å²) in [5, 5.41) is 19.7. The molecule has 25 heavy (non-hydrogen) atoms. The lowest BCUT2D eigenvalue weighted by Gasteiger charge is -2.09. The molecule has 128 valence electrons. The molecule has 0 spiro atoms. The van der Waals surface area contributed by atoms with Crippen molar-refractivity contribution in [3.8, 4) is 0 Å². The van der Waals surface area contributed by atoms with Gasteiger partial charge < -0.3 is 5.32 Å². The van der Waals surface area contributed by atoms with Gasteiger partial charge >= 0.3 is 6.18 Å². The number of nitrogens with one attached hydrogen (secondary N) is 2. The van der Waals surface area contributed by atoms with Gasteiger partial charge in [-0.2, -0.15) is 18.3 Å². The summed E-state index contributed by atoms with van der Waals surface area (Å²) in [6, 6.07) is 7.92. The maximum atomic E-state index is 12.7. The molecule has 0 atom stereocenters. The fraction of sp³-hybridized carbons (Fsp3) is 0.0667. The Hall–Kier alpha value is -3.43. The van der Waals surface area contributed by atoms with Gasteiger partial charge in [0.25, 0.3) is 11.6 Å². The van der Waals surface area contributed by atoms with Crippen LogP contribution in [0, 0.1) is 10.1 Å². The van der Waals surface area contributed by atoms with Crippen LogP contribution in [0.25, 0.3) is 10.9 Å². The molecule has 0 aliphatic carbocycles. The molecular weight excluding hydrogens is 341 g/mol. The number of aromatic amines is 1. The van der Waals surface area contributed by atoms with E-state index in [9.17, 15) is 28.1 Å². The molecule has 0 bridgehead atoms. The first-order valence-corrected chi connectivity index (χ1v) is 6.87. The summed E-state index contributed by atoms with van der Waals surface area (Å²) in [7, 11) is 0. The van der Waals surface area contributed by atoms with Gasteiger partial charge in [0.15, 0.2) is 5.69 Å². The summed E-state index contributed by atoms with van der Waals surface area (Å²) in [6.45, 7) is 0. The Kier molecular flexibility index (Phi) is 3.87. The molecule has 0 saturated heterocycles. The SMILES string of the molecule is O=C(Nc1cccc(C(F)(F)F)c1)c1n[nH]c2ccc([N+](=O)[O-])cc12. The Morgan fingerprint density at radius 3 is 2.64 bits per heavy atom.